The first-order valence-corrected chi connectivity index (χ1v) is 14.0. The van der Waals surface area contributed by atoms with Gasteiger partial charge in [0.2, 0.25) is 0 Å². The van der Waals surface area contributed by atoms with E-state index in [1.807, 2.05) is 53.8 Å². The normalized spacial score (nSPS) is 11.5. The maximum Gasteiger partial charge on any atom is 0.136 e. The van der Waals surface area contributed by atoms with E-state index in [1.54, 1.807) is 0 Å². The lowest BCUT2D eigenvalue weighted by molar-refractivity contribution is 0.669. The van der Waals surface area contributed by atoms with Crippen molar-refractivity contribution in [2.75, 3.05) is 0 Å². The van der Waals surface area contributed by atoms with Gasteiger partial charge in [-0.25, -0.2) is 0 Å². The van der Waals surface area contributed by atoms with Gasteiger partial charge in [-0.3, -0.25) is 0 Å². The van der Waals surface area contributed by atoms with Crippen LogP contribution in [-0.2, 0) is 0 Å². The first-order valence-electron chi connectivity index (χ1n) is 13.2. The van der Waals surface area contributed by atoms with Crippen LogP contribution in [0.3, 0.4) is 0 Å². The molecule has 2 nitrogen and oxygen atoms in total. The van der Waals surface area contributed by atoms with Gasteiger partial charge in [0.25, 0.3) is 0 Å². The average molecular weight is 528 g/mol. The van der Waals surface area contributed by atoms with E-state index in [2.05, 4.69) is 91.0 Å². The molecule has 0 aliphatic carbocycles. The highest BCUT2D eigenvalue weighted by atomic mass is 32.1. The molecule has 40 heavy (non-hydrogen) atoms. The standard InChI is InChI=1S/C37H21NOS/c38-22-23-9-11-24(12-10-23)27-17-28(25-13-15-31-30-5-1-3-7-34(30)39-35(31)20-25)19-29(18-27)26-14-16-33-32-6-2-4-8-36(32)40-37(33)21-26/h1-21H. The van der Waals surface area contributed by atoms with Crippen molar-refractivity contribution in [2.24, 2.45) is 0 Å². The first-order chi connectivity index (χ1) is 19.7. The SMILES string of the molecule is N#Cc1ccc(-c2cc(-c3ccc4c(c3)oc3ccccc34)cc(-c3ccc4c(c3)sc3ccccc34)c2)cc1. The van der Waals surface area contributed by atoms with E-state index in [0.29, 0.717) is 5.56 Å². The zero-order valence-corrected chi connectivity index (χ0v) is 22.2. The van der Waals surface area contributed by atoms with Crippen LogP contribution < -0.4 is 0 Å². The van der Waals surface area contributed by atoms with Gasteiger partial charge < -0.3 is 4.42 Å². The van der Waals surface area contributed by atoms with Crippen LogP contribution in [-0.4, -0.2) is 0 Å². The van der Waals surface area contributed by atoms with E-state index in [0.717, 1.165) is 49.8 Å². The highest BCUT2D eigenvalue weighted by Crippen LogP contribution is 2.39. The van der Waals surface area contributed by atoms with Crippen LogP contribution in [0.4, 0.5) is 0 Å². The minimum absolute atomic E-state index is 0.658. The Morgan fingerprint density at radius 3 is 1.80 bits per heavy atom. The van der Waals surface area contributed by atoms with Gasteiger partial charge in [0.15, 0.2) is 0 Å². The van der Waals surface area contributed by atoms with Gasteiger partial charge in [-0.2, -0.15) is 5.26 Å². The molecule has 0 radical (unpaired) electrons. The van der Waals surface area contributed by atoms with E-state index in [4.69, 9.17) is 4.42 Å². The van der Waals surface area contributed by atoms with Crippen LogP contribution in [0.15, 0.2) is 132 Å². The molecule has 0 saturated carbocycles. The third kappa shape index (κ3) is 3.70. The molecule has 0 saturated heterocycles. The zero-order valence-electron chi connectivity index (χ0n) is 21.4. The number of benzene rings is 6. The van der Waals surface area contributed by atoms with Gasteiger partial charge in [-0.05, 0) is 94.0 Å². The summed E-state index contributed by atoms with van der Waals surface area (Å²) in [5, 5.41) is 14.2. The van der Waals surface area contributed by atoms with Crippen LogP contribution >= 0.6 is 11.3 Å². The quantitative estimate of drug-likeness (QED) is 0.229. The molecule has 8 rings (SSSR count). The van der Waals surface area contributed by atoms with Gasteiger partial charge in [-0.1, -0.05) is 66.7 Å². The first kappa shape index (κ1) is 22.8. The Morgan fingerprint density at radius 2 is 1.02 bits per heavy atom. The number of rotatable bonds is 3. The largest absolute Gasteiger partial charge is 0.456 e. The zero-order chi connectivity index (χ0) is 26.6. The minimum atomic E-state index is 0.658. The average Bonchev–Trinajstić information content (AvgIpc) is 3.58. The second kappa shape index (κ2) is 8.95. The molecule has 2 aromatic heterocycles. The second-order valence-corrected chi connectivity index (χ2v) is 11.2. The molecule has 6 aromatic carbocycles. The minimum Gasteiger partial charge on any atom is -0.456 e. The topological polar surface area (TPSA) is 36.9 Å². The van der Waals surface area contributed by atoms with Crippen molar-refractivity contribution in [3.63, 3.8) is 0 Å². The lowest BCUT2D eigenvalue weighted by Crippen LogP contribution is -1.87. The van der Waals surface area contributed by atoms with Crippen molar-refractivity contribution in [2.45, 2.75) is 0 Å². The Bertz CT molecular complexity index is 2150. The lowest BCUT2D eigenvalue weighted by Gasteiger charge is -2.12. The van der Waals surface area contributed by atoms with Crippen molar-refractivity contribution < 1.29 is 4.42 Å². The molecule has 0 fully saturated rings. The highest BCUT2D eigenvalue weighted by Gasteiger charge is 2.13. The van der Waals surface area contributed by atoms with Crippen molar-refractivity contribution in [3.05, 3.63) is 133 Å². The Kier molecular flexibility index (Phi) is 5.10. The van der Waals surface area contributed by atoms with Crippen molar-refractivity contribution >= 4 is 53.4 Å². The fourth-order valence-corrected chi connectivity index (χ4v) is 6.82. The van der Waals surface area contributed by atoms with Gasteiger partial charge in [0.1, 0.15) is 11.2 Å². The monoisotopic (exact) mass is 527 g/mol. The Balaban J connectivity index is 1.32. The number of furan rings is 1. The molecule has 3 heteroatoms. The number of hydrogen-bond acceptors (Lipinski definition) is 3. The van der Waals surface area contributed by atoms with Crippen LogP contribution in [0.1, 0.15) is 5.56 Å². The maximum absolute atomic E-state index is 9.30. The Hall–Kier alpha value is -5.17. The summed E-state index contributed by atoms with van der Waals surface area (Å²) in [4.78, 5) is 0. The molecule has 0 N–H and O–H groups in total. The Morgan fingerprint density at radius 1 is 0.450 bits per heavy atom. The van der Waals surface area contributed by atoms with E-state index >= 15 is 0 Å². The predicted octanol–water partition coefficient (Wildman–Crippen LogP) is 10.8. The molecule has 2 heterocycles. The summed E-state index contributed by atoms with van der Waals surface area (Å²) in [6, 6.07) is 46.8. The van der Waals surface area contributed by atoms with E-state index in [-0.39, 0.29) is 0 Å². The maximum atomic E-state index is 9.30. The second-order valence-electron chi connectivity index (χ2n) is 10.1. The summed E-state index contributed by atoms with van der Waals surface area (Å²) in [7, 11) is 0. The smallest absolute Gasteiger partial charge is 0.136 e. The van der Waals surface area contributed by atoms with Crippen molar-refractivity contribution in [3.8, 4) is 39.4 Å². The predicted molar refractivity (Wildman–Crippen MR) is 168 cm³/mol. The lowest BCUT2D eigenvalue weighted by atomic mass is 9.92. The van der Waals surface area contributed by atoms with Gasteiger partial charge in [-0.15, -0.1) is 11.3 Å². The molecule has 8 aromatic rings. The molecule has 186 valence electrons. The number of thiophene rings is 1. The Labute approximate surface area is 235 Å². The molecule has 0 aliphatic rings. The number of nitriles is 1. The fraction of sp³-hybridized carbons (Fsp3) is 0. The van der Waals surface area contributed by atoms with E-state index in [9.17, 15) is 5.26 Å². The molecule has 0 atom stereocenters. The van der Waals surface area contributed by atoms with Crippen molar-refractivity contribution in [1.82, 2.24) is 0 Å². The molecule has 0 unspecified atom stereocenters. The van der Waals surface area contributed by atoms with Crippen LogP contribution in [0.5, 0.6) is 0 Å². The van der Waals surface area contributed by atoms with Gasteiger partial charge in [0, 0.05) is 30.9 Å². The summed E-state index contributed by atoms with van der Waals surface area (Å²) >= 11 is 1.84. The molecule has 0 aliphatic heterocycles. The molecular formula is C37H21NOS. The summed E-state index contributed by atoms with van der Waals surface area (Å²) in [5.41, 5.74) is 9.19. The third-order valence-electron chi connectivity index (χ3n) is 7.70. The summed E-state index contributed by atoms with van der Waals surface area (Å²) < 4.78 is 8.81. The van der Waals surface area contributed by atoms with Crippen LogP contribution in [0, 0.1) is 11.3 Å². The number of fused-ring (bicyclic) bond motifs is 6. The molecule has 0 spiro atoms. The van der Waals surface area contributed by atoms with Crippen LogP contribution in [0.2, 0.25) is 0 Å². The van der Waals surface area contributed by atoms with Crippen molar-refractivity contribution in [1.29, 1.82) is 5.26 Å². The van der Waals surface area contributed by atoms with Gasteiger partial charge >= 0.3 is 0 Å². The fourth-order valence-electron chi connectivity index (χ4n) is 5.68. The summed E-state index contributed by atoms with van der Waals surface area (Å²) in [6.45, 7) is 0. The highest BCUT2D eigenvalue weighted by molar-refractivity contribution is 7.25. The molecule has 0 bridgehead atoms. The molecular weight excluding hydrogens is 506 g/mol. The molecule has 0 amide bonds. The summed E-state index contributed by atoms with van der Waals surface area (Å²) in [6.07, 6.45) is 0. The number of para-hydroxylation sites is 1. The number of hydrogen-bond donors (Lipinski definition) is 0. The summed E-state index contributed by atoms with van der Waals surface area (Å²) in [5.74, 6) is 0. The van der Waals surface area contributed by atoms with Gasteiger partial charge in [0.05, 0.1) is 11.6 Å². The van der Waals surface area contributed by atoms with E-state index in [1.165, 1.54) is 25.7 Å². The number of nitrogens with zero attached hydrogens (tertiary/aromatic N) is 1. The van der Waals surface area contributed by atoms with Crippen LogP contribution in [0.25, 0.3) is 75.5 Å². The van der Waals surface area contributed by atoms with E-state index < -0.39 is 0 Å². The third-order valence-corrected chi connectivity index (χ3v) is 8.84.